The van der Waals surface area contributed by atoms with Gasteiger partial charge in [0.05, 0.1) is 22.6 Å². The van der Waals surface area contributed by atoms with Crippen LogP contribution in [0.3, 0.4) is 0 Å². The first-order valence-electron chi connectivity index (χ1n) is 6.09. The highest BCUT2D eigenvalue weighted by molar-refractivity contribution is 6.17. The van der Waals surface area contributed by atoms with E-state index < -0.39 is 11.6 Å². The van der Waals surface area contributed by atoms with E-state index in [0.29, 0.717) is 11.5 Å². The van der Waals surface area contributed by atoms with Crippen LogP contribution in [0.25, 0.3) is 16.7 Å². The molecule has 0 aliphatic rings. The minimum absolute atomic E-state index is 0.159. The fraction of sp³-hybridized carbons (Fsp3) is 0.133. The summed E-state index contributed by atoms with van der Waals surface area (Å²) in [7, 11) is 0. The molecule has 2 nitrogen and oxygen atoms in total. The largest absolute Gasteiger partial charge is 0.295 e. The van der Waals surface area contributed by atoms with Crippen molar-refractivity contribution >= 4 is 22.6 Å². The van der Waals surface area contributed by atoms with Crippen molar-refractivity contribution in [2.75, 3.05) is 0 Å². The standard InChI is InChI=1S/C15H11ClF2N2/c1-9-2-3-14-13(4-9)19-15(8-16)20(14)12-6-10(17)5-11(18)7-12/h2-7H,8H2,1H3. The van der Waals surface area contributed by atoms with E-state index in [1.807, 2.05) is 25.1 Å². The van der Waals surface area contributed by atoms with E-state index in [1.54, 1.807) is 4.57 Å². The van der Waals surface area contributed by atoms with Crippen molar-refractivity contribution in [3.63, 3.8) is 0 Å². The Morgan fingerprint density at radius 2 is 1.80 bits per heavy atom. The molecule has 0 aliphatic carbocycles. The van der Waals surface area contributed by atoms with Crippen LogP contribution in [0.15, 0.2) is 36.4 Å². The van der Waals surface area contributed by atoms with Gasteiger partial charge in [-0.25, -0.2) is 13.8 Å². The molecule has 3 rings (SSSR count). The Morgan fingerprint density at radius 1 is 1.10 bits per heavy atom. The summed E-state index contributed by atoms with van der Waals surface area (Å²) in [5.41, 5.74) is 2.97. The van der Waals surface area contributed by atoms with Crippen molar-refractivity contribution in [1.82, 2.24) is 9.55 Å². The van der Waals surface area contributed by atoms with E-state index in [9.17, 15) is 8.78 Å². The van der Waals surface area contributed by atoms with Crippen molar-refractivity contribution in [1.29, 1.82) is 0 Å². The van der Waals surface area contributed by atoms with Gasteiger partial charge in [-0.1, -0.05) is 6.07 Å². The summed E-state index contributed by atoms with van der Waals surface area (Å²) in [6.45, 7) is 1.96. The second kappa shape index (κ2) is 4.87. The van der Waals surface area contributed by atoms with Gasteiger partial charge in [-0.15, -0.1) is 11.6 Å². The molecule has 0 spiro atoms. The number of rotatable bonds is 2. The highest BCUT2D eigenvalue weighted by Crippen LogP contribution is 2.24. The van der Waals surface area contributed by atoms with Gasteiger partial charge in [0.2, 0.25) is 0 Å². The van der Waals surface area contributed by atoms with Crippen LogP contribution in [-0.2, 0) is 5.88 Å². The maximum atomic E-state index is 13.4. The van der Waals surface area contributed by atoms with Crippen molar-refractivity contribution in [2.24, 2.45) is 0 Å². The van der Waals surface area contributed by atoms with Crippen LogP contribution < -0.4 is 0 Å². The van der Waals surface area contributed by atoms with Gasteiger partial charge < -0.3 is 0 Å². The van der Waals surface area contributed by atoms with Gasteiger partial charge in [0.15, 0.2) is 0 Å². The highest BCUT2D eigenvalue weighted by Gasteiger charge is 2.13. The molecule has 0 aliphatic heterocycles. The first-order chi connectivity index (χ1) is 9.58. The zero-order chi connectivity index (χ0) is 14.3. The van der Waals surface area contributed by atoms with Gasteiger partial charge >= 0.3 is 0 Å². The normalized spacial score (nSPS) is 11.2. The molecule has 0 atom stereocenters. The fourth-order valence-corrected chi connectivity index (χ4v) is 2.47. The lowest BCUT2D eigenvalue weighted by Crippen LogP contribution is -2.00. The second-order valence-electron chi connectivity index (χ2n) is 4.62. The molecule has 2 aromatic carbocycles. The lowest BCUT2D eigenvalue weighted by atomic mass is 10.2. The van der Waals surface area contributed by atoms with E-state index >= 15 is 0 Å². The Kier molecular flexibility index (Phi) is 3.18. The minimum Gasteiger partial charge on any atom is -0.295 e. The van der Waals surface area contributed by atoms with Crippen LogP contribution in [0.4, 0.5) is 8.78 Å². The monoisotopic (exact) mass is 292 g/mol. The van der Waals surface area contributed by atoms with Crippen LogP contribution in [0, 0.1) is 18.6 Å². The van der Waals surface area contributed by atoms with Crippen LogP contribution in [0.5, 0.6) is 0 Å². The molecule has 0 radical (unpaired) electrons. The number of aryl methyl sites for hydroxylation is 1. The first kappa shape index (κ1) is 13.1. The smallest absolute Gasteiger partial charge is 0.129 e. The number of nitrogens with zero attached hydrogens (tertiary/aromatic N) is 2. The van der Waals surface area contributed by atoms with Crippen molar-refractivity contribution in [3.8, 4) is 5.69 Å². The maximum Gasteiger partial charge on any atom is 0.129 e. The summed E-state index contributed by atoms with van der Waals surface area (Å²) in [6, 6.07) is 9.08. The Hall–Kier alpha value is -1.94. The molecule has 5 heteroatoms. The van der Waals surface area contributed by atoms with Gasteiger partial charge in [-0.3, -0.25) is 4.57 Å². The molecule has 102 valence electrons. The third-order valence-electron chi connectivity index (χ3n) is 3.10. The molecule has 0 unspecified atom stereocenters. The average molecular weight is 293 g/mol. The fourth-order valence-electron chi connectivity index (χ4n) is 2.29. The zero-order valence-electron chi connectivity index (χ0n) is 10.7. The molecule has 0 amide bonds. The van der Waals surface area contributed by atoms with Gasteiger partial charge in [0.1, 0.15) is 17.5 Å². The predicted molar refractivity (Wildman–Crippen MR) is 75.3 cm³/mol. The highest BCUT2D eigenvalue weighted by atomic mass is 35.5. The molecule has 0 bridgehead atoms. The number of benzene rings is 2. The van der Waals surface area contributed by atoms with E-state index in [1.165, 1.54) is 12.1 Å². The molecule has 3 aromatic rings. The minimum atomic E-state index is -0.630. The topological polar surface area (TPSA) is 17.8 Å². The maximum absolute atomic E-state index is 13.4. The number of hydrogen-bond donors (Lipinski definition) is 0. The Bertz CT molecular complexity index is 776. The molecule has 0 saturated heterocycles. The number of imidazole rings is 1. The van der Waals surface area contributed by atoms with Crippen LogP contribution in [0.1, 0.15) is 11.4 Å². The summed E-state index contributed by atoms with van der Waals surface area (Å²) in [4.78, 5) is 4.41. The Morgan fingerprint density at radius 3 is 2.45 bits per heavy atom. The van der Waals surface area contributed by atoms with Crippen molar-refractivity contribution in [2.45, 2.75) is 12.8 Å². The first-order valence-corrected chi connectivity index (χ1v) is 6.62. The molecule has 1 heterocycles. The lowest BCUT2D eigenvalue weighted by molar-refractivity contribution is 0.581. The van der Waals surface area contributed by atoms with Crippen molar-refractivity contribution < 1.29 is 8.78 Å². The molecule has 0 fully saturated rings. The van der Waals surface area contributed by atoms with Gasteiger partial charge in [0, 0.05) is 6.07 Å². The summed E-state index contributed by atoms with van der Waals surface area (Å²) in [5.74, 6) is -0.549. The van der Waals surface area contributed by atoms with Gasteiger partial charge in [-0.2, -0.15) is 0 Å². The average Bonchev–Trinajstić information content (AvgIpc) is 2.74. The van der Waals surface area contributed by atoms with Gasteiger partial charge in [-0.05, 0) is 36.8 Å². The number of halogens is 3. The van der Waals surface area contributed by atoms with Crippen LogP contribution in [0.2, 0.25) is 0 Å². The molecular weight excluding hydrogens is 282 g/mol. The third-order valence-corrected chi connectivity index (χ3v) is 3.34. The number of fused-ring (bicyclic) bond motifs is 1. The van der Waals surface area contributed by atoms with E-state index in [2.05, 4.69) is 4.98 Å². The molecular formula is C15H11ClF2N2. The zero-order valence-corrected chi connectivity index (χ0v) is 11.5. The van der Waals surface area contributed by atoms with Crippen LogP contribution >= 0.6 is 11.6 Å². The molecule has 0 saturated carbocycles. The Labute approximate surface area is 119 Å². The van der Waals surface area contributed by atoms with E-state index in [0.717, 1.165) is 22.7 Å². The second-order valence-corrected chi connectivity index (χ2v) is 4.88. The third kappa shape index (κ3) is 2.16. The van der Waals surface area contributed by atoms with Crippen molar-refractivity contribution in [3.05, 3.63) is 59.4 Å². The summed E-state index contributed by atoms with van der Waals surface area (Å²) in [5, 5.41) is 0. The number of aromatic nitrogens is 2. The SMILES string of the molecule is Cc1ccc2c(c1)nc(CCl)n2-c1cc(F)cc(F)c1. The molecule has 1 aromatic heterocycles. The lowest BCUT2D eigenvalue weighted by Gasteiger charge is -2.08. The molecule has 0 N–H and O–H groups in total. The summed E-state index contributed by atoms with van der Waals surface area (Å²) < 4.78 is 28.5. The van der Waals surface area contributed by atoms with Gasteiger partial charge in [0.25, 0.3) is 0 Å². The molecule has 20 heavy (non-hydrogen) atoms. The number of hydrogen-bond acceptors (Lipinski definition) is 1. The Balaban J connectivity index is 2.33. The summed E-state index contributed by atoms with van der Waals surface area (Å²) in [6.07, 6.45) is 0. The number of alkyl halides is 1. The van der Waals surface area contributed by atoms with Crippen LogP contribution in [-0.4, -0.2) is 9.55 Å². The van der Waals surface area contributed by atoms with E-state index in [-0.39, 0.29) is 5.88 Å². The predicted octanol–water partition coefficient (Wildman–Crippen LogP) is 4.35. The quantitative estimate of drug-likeness (QED) is 0.642. The van der Waals surface area contributed by atoms with E-state index in [4.69, 9.17) is 11.6 Å². The summed E-state index contributed by atoms with van der Waals surface area (Å²) >= 11 is 5.90.